The second-order valence-electron chi connectivity index (χ2n) is 7.88. The standard InChI is InChI=1S/C21H28N4O5/c1-2-24-9-3-4-15(24)11-22-19(26)8-6-16-20(27)25(21(28)23-16)12-14-5-7-17-18(10-14)30-13-29-17/h5,7,10,15-16H,2-4,6,8-9,11-13H2,1H3,(H,22,26)(H,23,28)/t15-,16-/m1/s1. The Labute approximate surface area is 175 Å². The summed E-state index contributed by atoms with van der Waals surface area (Å²) in [6.45, 7) is 5.15. The fraction of sp³-hybridized carbons (Fsp3) is 0.571. The number of likely N-dealkylation sites (N-methyl/N-ethyl adjacent to an activating group) is 1. The molecule has 3 heterocycles. The second-order valence-corrected chi connectivity index (χ2v) is 7.88. The van der Waals surface area contributed by atoms with Crippen LogP contribution in [0.15, 0.2) is 18.2 Å². The van der Waals surface area contributed by atoms with E-state index in [0.29, 0.717) is 24.1 Å². The van der Waals surface area contributed by atoms with Gasteiger partial charge in [-0.3, -0.25) is 19.4 Å². The Balaban J connectivity index is 1.25. The molecule has 1 aromatic carbocycles. The van der Waals surface area contributed by atoms with Gasteiger partial charge in [0.2, 0.25) is 12.7 Å². The molecule has 0 saturated carbocycles. The van der Waals surface area contributed by atoms with Crippen LogP contribution in [0.25, 0.3) is 0 Å². The fourth-order valence-corrected chi connectivity index (χ4v) is 4.28. The van der Waals surface area contributed by atoms with Gasteiger partial charge in [-0.1, -0.05) is 13.0 Å². The zero-order chi connectivity index (χ0) is 21.1. The number of rotatable bonds is 8. The predicted molar refractivity (Wildman–Crippen MR) is 108 cm³/mol. The summed E-state index contributed by atoms with van der Waals surface area (Å²) in [7, 11) is 0. The minimum atomic E-state index is -0.670. The van der Waals surface area contributed by atoms with Crippen LogP contribution in [-0.2, 0) is 16.1 Å². The van der Waals surface area contributed by atoms with Gasteiger partial charge in [0, 0.05) is 19.0 Å². The molecule has 0 aromatic heterocycles. The Morgan fingerprint density at radius 2 is 2.10 bits per heavy atom. The van der Waals surface area contributed by atoms with E-state index in [-0.39, 0.29) is 38.0 Å². The van der Waals surface area contributed by atoms with Crippen molar-refractivity contribution >= 4 is 17.8 Å². The fourth-order valence-electron chi connectivity index (χ4n) is 4.28. The molecule has 3 aliphatic heterocycles. The summed E-state index contributed by atoms with van der Waals surface area (Å²) in [6, 6.07) is 4.62. The van der Waals surface area contributed by atoms with E-state index >= 15 is 0 Å². The topological polar surface area (TPSA) is 100 Å². The first-order valence-corrected chi connectivity index (χ1v) is 10.6. The lowest BCUT2D eigenvalue weighted by molar-refractivity contribution is -0.128. The lowest BCUT2D eigenvalue weighted by atomic mass is 10.1. The number of benzene rings is 1. The third-order valence-electron chi connectivity index (χ3n) is 5.98. The van der Waals surface area contributed by atoms with Crippen molar-refractivity contribution in [2.24, 2.45) is 0 Å². The van der Waals surface area contributed by atoms with Crippen LogP contribution in [0.3, 0.4) is 0 Å². The molecule has 0 radical (unpaired) electrons. The summed E-state index contributed by atoms with van der Waals surface area (Å²) < 4.78 is 10.6. The monoisotopic (exact) mass is 416 g/mol. The smallest absolute Gasteiger partial charge is 0.325 e. The molecule has 1 aromatic rings. The number of likely N-dealkylation sites (tertiary alicyclic amines) is 1. The lowest BCUT2D eigenvalue weighted by Gasteiger charge is -2.22. The lowest BCUT2D eigenvalue weighted by Crippen LogP contribution is -2.40. The minimum Gasteiger partial charge on any atom is -0.454 e. The number of urea groups is 1. The van der Waals surface area contributed by atoms with Gasteiger partial charge in [-0.05, 0) is 50.0 Å². The second kappa shape index (κ2) is 8.91. The number of amides is 4. The molecule has 0 bridgehead atoms. The molecule has 9 heteroatoms. The van der Waals surface area contributed by atoms with Crippen molar-refractivity contribution in [1.29, 1.82) is 0 Å². The third-order valence-corrected chi connectivity index (χ3v) is 5.98. The number of carbonyl (C=O) groups is 3. The molecule has 2 fully saturated rings. The van der Waals surface area contributed by atoms with Crippen LogP contribution in [0.1, 0.15) is 38.2 Å². The maximum Gasteiger partial charge on any atom is 0.325 e. The molecule has 2 N–H and O–H groups in total. The number of imide groups is 1. The molecule has 9 nitrogen and oxygen atoms in total. The summed E-state index contributed by atoms with van der Waals surface area (Å²) in [5, 5.41) is 5.66. The van der Waals surface area contributed by atoms with Crippen LogP contribution < -0.4 is 20.1 Å². The summed E-state index contributed by atoms with van der Waals surface area (Å²) in [5.74, 6) is 0.865. The van der Waals surface area contributed by atoms with Gasteiger partial charge in [-0.2, -0.15) is 0 Å². The Bertz CT molecular complexity index is 830. The number of hydrogen-bond acceptors (Lipinski definition) is 6. The molecule has 4 rings (SSSR count). The molecule has 0 aliphatic carbocycles. The first kappa shape index (κ1) is 20.5. The molecule has 2 saturated heterocycles. The van der Waals surface area contributed by atoms with Gasteiger partial charge in [-0.25, -0.2) is 4.79 Å². The zero-order valence-electron chi connectivity index (χ0n) is 17.2. The van der Waals surface area contributed by atoms with Crippen molar-refractivity contribution in [2.45, 2.75) is 51.2 Å². The van der Waals surface area contributed by atoms with E-state index in [1.807, 2.05) is 0 Å². The number of nitrogens with zero attached hydrogens (tertiary/aromatic N) is 2. The molecule has 3 aliphatic rings. The molecule has 162 valence electrons. The van der Waals surface area contributed by atoms with E-state index in [2.05, 4.69) is 22.5 Å². The van der Waals surface area contributed by atoms with Crippen molar-refractivity contribution < 1.29 is 23.9 Å². The molecule has 0 spiro atoms. The average molecular weight is 416 g/mol. The maximum atomic E-state index is 12.7. The minimum absolute atomic E-state index is 0.0887. The van der Waals surface area contributed by atoms with Crippen molar-refractivity contribution in [1.82, 2.24) is 20.4 Å². The van der Waals surface area contributed by atoms with Gasteiger partial charge in [0.1, 0.15) is 6.04 Å². The number of hydrogen-bond donors (Lipinski definition) is 2. The van der Waals surface area contributed by atoms with Gasteiger partial charge in [0.25, 0.3) is 5.91 Å². The van der Waals surface area contributed by atoms with Gasteiger partial charge in [-0.15, -0.1) is 0 Å². The third kappa shape index (κ3) is 4.35. The molecule has 30 heavy (non-hydrogen) atoms. The zero-order valence-corrected chi connectivity index (χ0v) is 17.2. The predicted octanol–water partition coefficient (Wildman–Crippen LogP) is 1.22. The van der Waals surface area contributed by atoms with E-state index in [4.69, 9.17) is 9.47 Å². The molecular formula is C21H28N4O5. The van der Waals surface area contributed by atoms with Gasteiger partial charge in [0.05, 0.1) is 6.54 Å². The van der Waals surface area contributed by atoms with Crippen LogP contribution in [0.4, 0.5) is 4.79 Å². The highest BCUT2D eigenvalue weighted by Gasteiger charge is 2.38. The number of carbonyl (C=O) groups excluding carboxylic acids is 3. The largest absolute Gasteiger partial charge is 0.454 e. The first-order chi connectivity index (χ1) is 14.5. The normalized spacial score (nSPS) is 23.2. The summed E-state index contributed by atoms with van der Waals surface area (Å²) in [4.78, 5) is 40.7. The highest BCUT2D eigenvalue weighted by Crippen LogP contribution is 2.33. The summed E-state index contributed by atoms with van der Waals surface area (Å²) in [5.41, 5.74) is 0.776. The van der Waals surface area contributed by atoms with Crippen LogP contribution >= 0.6 is 0 Å². The SMILES string of the molecule is CCN1CCC[C@@H]1CNC(=O)CC[C@H]1NC(=O)N(Cc2ccc3c(c2)OCO3)C1=O. The Morgan fingerprint density at radius 1 is 1.27 bits per heavy atom. The molecule has 0 unspecified atom stereocenters. The van der Waals surface area contributed by atoms with Crippen molar-refractivity contribution in [3.05, 3.63) is 23.8 Å². The van der Waals surface area contributed by atoms with Crippen molar-refractivity contribution in [3.8, 4) is 11.5 Å². The quantitative estimate of drug-likeness (QED) is 0.618. The highest BCUT2D eigenvalue weighted by molar-refractivity contribution is 6.04. The maximum absolute atomic E-state index is 12.7. The average Bonchev–Trinajstić information content (AvgIpc) is 3.46. The van der Waals surface area contributed by atoms with Gasteiger partial charge >= 0.3 is 6.03 Å². The van der Waals surface area contributed by atoms with Crippen molar-refractivity contribution in [2.75, 3.05) is 26.4 Å². The van der Waals surface area contributed by atoms with Crippen LogP contribution in [0.2, 0.25) is 0 Å². The van der Waals surface area contributed by atoms with E-state index in [0.717, 1.165) is 31.5 Å². The van der Waals surface area contributed by atoms with Gasteiger partial charge in [0.15, 0.2) is 11.5 Å². The van der Waals surface area contributed by atoms with E-state index in [9.17, 15) is 14.4 Å². The van der Waals surface area contributed by atoms with E-state index < -0.39 is 12.1 Å². The number of ether oxygens (including phenoxy) is 2. The van der Waals surface area contributed by atoms with Crippen molar-refractivity contribution in [3.63, 3.8) is 0 Å². The Hall–Kier alpha value is -2.81. The number of nitrogens with one attached hydrogen (secondary N) is 2. The Kier molecular flexibility index (Phi) is 6.08. The first-order valence-electron chi connectivity index (χ1n) is 10.6. The molecule has 2 atom stereocenters. The van der Waals surface area contributed by atoms with E-state index in [1.165, 1.54) is 4.90 Å². The van der Waals surface area contributed by atoms with E-state index in [1.54, 1.807) is 18.2 Å². The van der Waals surface area contributed by atoms with Crippen LogP contribution in [0.5, 0.6) is 11.5 Å². The number of fused-ring (bicyclic) bond motifs is 1. The Morgan fingerprint density at radius 3 is 2.93 bits per heavy atom. The van der Waals surface area contributed by atoms with Gasteiger partial charge < -0.3 is 20.1 Å². The molecular weight excluding hydrogens is 388 g/mol. The highest BCUT2D eigenvalue weighted by atomic mass is 16.7. The molecule has 4 amide bonds. The summed E-state index contributed by atoms with van der Waals surface area (Å²) >= 11 is 0. The summed E-state index contributed by atoms with van der Waals surface area (Å²) in [6.07, 6.45) is 2.75. The van der Waals surface area contributed by atoms with Crippen LogP contribution in [0, 0.1) is 0 Å². The van der Waals surface area contributed by atoms with Crippen LogP contribution in [-0.4, -0.2) is 66.2 Å².